The molecule has 2 N–H and O–H groups in total. The molecule has 4 heteroatoms. The number of nitrogens with zero attached hydrogens (tertiary/aromatic N) is 1. The van der Waals surface area contributed by atoms with Crippen LogP contribution < -0.4 is 5.43 Å². The van der Waals surface area contributed by atoms with Gasteiger partial charge in [0.05, 0.1) is 5.56 Å². The van der Waals surface area contributed by atoms with E-state index in [0.717, 1.165) is 36.8 Å². The predicted molar refractivity (Wildman–Crippen MR) is 79.0 cm³/mol. The zero-order valence-corrected chi connectivity index (χ0v) is 11.1. The summed E-state index contributed by atoms with van der Waals surface area (Å²) in [6.07, 6.45) is 4.17. The van der Waals surface area contributed by atoms with E-state index in [2.05, 4.69) is 10.5 Å². The summed E-state index contributed by atoms with van der Waals surface area (Å²) in [5, 5.41) is 15.9. The normalized spacial score (nSPS) is 14.5. The highest BCUT2D eigenvalue weighted by atomic mass is 16.3. The summed E-state index contributed by atoms with van der Waals surface area (Å²) in [7, 11) is 0. The van der Waals surface area contributed by atoms with Gasteiger partial charge in [-0.1, -0.05) is 30.3 Å². The van der Waals surface area contributed by atoms with E-state index in [1.54, 1.807) is 12.1 Å². The lowest BCUT2D eigenvalue weighted by molar-refractivity contribution is 0.0952. The van der Waals surface area contributed by atoms with Gasteiger partial charge in [-0.05, 0) is 37.1 Å². The van der Waals surface area contributed by atoms with Crippen LogP contribution in [0.2, 0.25) is 0 Å². The number of nitrogens with one attached hydrogen (secondary N) is 1. The quantitative estimate of drug-likeness (QED) is 0.821. The third-order valence-corrected chi connectivity index (χ3v) is 3.64. The summed E-state index contributed by atoms with van der Waals surface area (Å²) in [5.74, 6) is -0.361. The predicted octanol–water partition coefficient (Wildman–Crippen LogP) is 3.21. The fourth-order valence-electron chi connectivity index (χ4n) is 2.52. The summed E-state index contributed by atoms with van der Waals surface area (Å²) in [6.45, 7) is 0. The van der Waals surface area contributed by atoms with Gasteiger partial charge < -0.3 is 5.11 Å². The minimum absolute atomic E-state index is 0.00669. The highest BCUT2D eigenvalue weighted by molar-refractivity contribution is 6.03. The minimum Gasteiger partial charge on any atom is -0.506 e. The molecule has 2 aromatic carbocycles. The third kappa shape index (κ3) is 2.37. The number of amides is 1. The van der Waals surface area contributed by atoms with Crippen LogP contribution in [0.4, 0.5) is 0 Å². The van der Waals surface area contributed by atoms with Crippen molar-refractivity contribution in [3.63, 3.8) is 0 Å². The van der Waals surface area contributed by atoms with Gasteiger partial charge >= 0.3 is 0 Å². The van der Waals surface area contributed by atoms with Crippen molar-refractivity contribution in [2.75, 3.05) is 0 Å². The van der Waals surface area contributed by atoms with Crippen LogP contribution in [0.5, 0.6) is 5.75 Å². The maximum atomic E-state index is 12.1. The van der Waals surface area contributed by atoms with Crippen LogP contribution >= 0.6 is 0 Å². The van der Waals surface area contributed by atoms with Gasteiger partial charge in [0.2, 0.25) is 0 Å². The molecule has 102 valence electrons. The largest absolute Gasteiger partial charge is 0.506 e. The number of aromatic hydroxyl groups is 1. The molecule has 0 saturated heterocycles. The lowest BCUT2D eigenvalue weighted by atomic mass is 10.1. The molecule has 1 aliphatic rings. The molecule has 1 amide bonds. The first-order chi connectivity index (χ1) is 9.75. The van der Waals surface area contributed by atoms with E-state index in [-0.39, 0.29) is 17.2 Å². The van der Waals surface area contributed by atoms with E-state index < -0.39 is 0 Å². The summed E-state index contributed by atoms with van der Waals surface area (Å²) in [4.78, 5) is 12.1. The smallest absolute Gasteiger partial charge is 0.275 e. The molecule has 3 rings (SSSR count). The Labute approximate surface area is 117 Å². The van der Waals surface area contributed by atoms with Gasteiger partial charge in [0.15, 0.2) is 0 Å². The molecule has 1 fully saturated rings. The maximum absolute atomic E-state index is 12.1. The van der Waals surface area contributed by atoms with Gasteiger partial charge in [-0.3, -0.25) is 4.79 Å². The molecule has 20 heavy (non-hydrogen) atoms. The highest BCUT2D eigenvalue weighted by Crippen LogP contribution is 2.28. The van der Waals surface area contributed by atoms with E-state index in [4.69, 9.17) is 0 Å². The second-order valence-electron chi connectivity index (χ2n) is 5.01. The van der Waals surface area contributed by atoms with Crippen LogP contribution in [0.15, 0.2) is 41.5 Å². The Balaban J connectivity index is 1.87. The van der Waals surface area contributed by atoms with Gasteiger partial charge in [-0.2, -0.15) is 5.10 Å². The number of carbonyl (C=O) groups is 1. The maximum Gasteiger partial charge on any atom is 0.275 e. The first-order valence-electron chi connectivity index (χ1n) is 6.82. The monoisotopic (exact) mass is 268 g/mol. The molecule has 1 aliphatic carbocycles. The molecule has 2 aromatic rings. The van der Waals surface area contributed by atoms with Crippen LogP contribution in [-0.2, 0) is 0 Å². The second kappa shape index (κ2) is 5.33. The molecule has 0 radical (unpaired) electrons. The number of carbonyl (C=O) groups excluding carboxylic acids is 1. The topological polar surface area (TPSA) is 61.7 Å². The van der Waals surface area contributed by atoms with E-state index >= 15 is 0 Å². The van der Waals surface area contributed by atoms with Crippen molar-refractivity contribution in [2.45, 2.75) is 25.7 Å². The number of benzene rings is 2. The Hall–Kier alpha value is -2.36. The Morgan fingerprint density at radius 3 is 2.65 bits per heavy atom. The molecule has 1 saturated carbocycles. The molecule has 0 heterocycles. The number of hydrogen-bond donors (Lipinski definition) is 2. The molecule has 0 atom stereocenters. The second-order valence-corrected chi connectivity index (χ2v) is 5.01. The van der Waals surface area contributed by atoms with E-state index in [1.807, 2.05) is 24.3 Å². The van der Waals surface area contributed by atoms with Crippen LogP contribution in [0.1, 0.15) is 36.0 Å². The van der Waals surface area contributed by atoms with Gasteiger partial charge in [-0.15, -0.1) is 0 Å². The zero-order chi connectivity index (χ0) is 13.9. The van der Waals surface area contributed by atoms with Gasteiger partial charge in [0.1, 0.15) is 5.75 Å². The van der Waals surface area contributed by atoms with Crippen molar-refractivity contribution in [3.8, 4) is 5.75 Å². The van der Waals surface area contributed by atoms with Crippen molar-refractivity contribution < 1.29 is 9.90 Å². The summed E-state index contributed by atoms with van der Waals surface area (Å²) < 4.78 is 0. The number of phenols is 1. The Morgan fingerprint density at radius 1 is 1.10 bits per heavy atom. The van der Waals surface area contributed by atoms with E-state index in [0.29, 0.717) is 5.39 Å². The lowest BCUT2D eigenvalue weighted by Gasteiger charge is -2.07. The molecule has 0 aliphatic heterocycles. The molecular formula is C16H16N2O2. The number of hydrazone groups is 1. The third-order valence-electron chi connectivity index (χ3n) is 3.64. The SMILES string of the molecule is O=C(NN=C1CCCC1)c1ccc2ccccc2c1O. The zero-order valence-electron chi connectivity index (χ0n) is 11.1. The molecule has 0 unspecified atom stereocenters. The standard InChI is InChI=1S/C16H16N2O2/c19-15-13-8-4-1-5-11(13)9-10-14(15)16(20)18-17-12-6-2-3-7-12/h1,4-5,8-10,19H,2-3,6-7H2,(H,18,20). The van der Waals surface area contributed by atoms with Crippen molar-refractivity contribution >= 4 is 22.4 Å². The van der Waals surface area contributed by atoms with Crippen molar-refractivity contribution in [1.82, 2.24) is 5.43 Å². The minimum atomic E-state index is -0.368. The Morgan fingerprint density at radius 2 is 1.85 bits per heavy atom. The molecule has 4 nitrogen and oxygen atoms in total. The number of fused-ring (bicyclic) bond motifs is 1. The summed E-state index contributed by atoms with van der Waals surface area (Å²) in [6, 6.07) is 10.9. The highest BCUT2D eigenvalue weighted by Gasteiger charge is 2.14. The average Bonchev–Trinajstić information content (AvgIpc) is 2.99. The van der Waals surface area contributed by atoms with Gasteiger partial charge in [0, 0.05) is 11.1 Å². The lowest BCUT2D eigenvalue weighted by Crippen LogP contribution is -2.19. The Bertz CT molecular complexity index is 684. The van der Waals surface area contributed by atoms with Crippen LogP contribution in [0, 0.1) is 0 Å². The van der Waals surface area contributed by atoms with Gasteiger partial charge in [-0.25, -0.2) is 5.43 Å². The first kappa shape index (κ1) is 12.7. The van der Waals surface area contributed by atoms with E-state index in [1.165, 1.54) is 0 Å². The average molecular weight is 268 g/mol. The van der Waals surface area contributed by atoms with Crippen LogP contribution in [-0.4, -0.2) is 16.7 Å². The van der Waals surface area contributed by atoms with Crippen molar-refractivity contribution in [1.29, 1.82) is 0 Å². The van der Waals surface area contributed by atoms with Crippen LogP contribution in [0.3, 0.4) is 0 Å². The fraction of sp³-hybridized carbons (Fsp3) is 0.250. The van der Waals surface area contributed by atoms with E-state index in [9.17, 15) is 9.90 Å². The molecular weight excluding hydrogens is 252 g/mol. The summed E-state index contributed by atoms with van der Waals surface area (Å²) in [5.41, 5.74) is 3.82. The Kier molecular flexibility index (Phi) is 3.37. The van der Waals surface area contributed by atoms with Crippen molar-refractivity contribution in [2.24, 2.45) is 5.10 Å². The van der Waals surface area contributed by atoms with Crippen molar-refractivity contribution in [3.05, 3.63) is 42.0 Å². The number of hydrogen-bond acceptors (Lipinski definition) is 3. The molecule has 0 aromatic heterocycles. The first-order valence-corrected chi connectivity index (χ1v) is 6.82. The van der Waals surface area contributed by atoms with Gasteiger partial charge in [0.25, 0.3) is 5.91 Å². The fourth-order valence-corrected chi connectivity index (χ4v) is 2.52. The summed E-state index contributed by atoms with van der Waals surface area (Å²) >= 11 is 0. The molecule has 0 bridgehead atoms. The number of phenolic OH excluding ortho intramolecular Hbond substituents is 1. The number of rotatable bonds is 2. The molecule has 0 spiro atoms. The van der Waals surface area contributed by atoms with Crippen LogP contribution in [0.25, 0.3) is 10.8 Å².